The van der Waals surface area contributed by atoms with E-state index in [1.165, 1.54) is 0 Å². The number of para-hydroxylation sites is 1. The van der Waals surface area contributed by atoms with Gasteiger partial charge in [-0.3, -0.25) is 4.90 Å². The van der Waals surface area contributed by atoms with E-state index in [4.69, 9.17) is 32.5 Å². The zero-order valence-corrected chi connectivity index (χ0v) is 15.5. The molecule has 0 fully saturated rings. The Morgan fingerprint density at radius 2 is 1.88 bits per heavy atom. The van der Waals surface area contributed by atoms with Crippen LogP contribution in [0.15, 0.2) is 53.1 Å². The molecule has 0 radical (unpaired) electrons. The van der Waals surface area contributed by atoms with E-state index in [-0.39, 0.29) is 0 Å². The standard InChI is InChI=1S/C19H18Cl2N2O2/c1-23(11-13-6-5-8-16(20)19(13)21)12-14-10-17(22-25-14)15-7-3-4-9-18(15)24-2/h3-10H,11-12H2,1-2H3. The molecular formula is C19H18Cl2N2O2. The summed E-state index contributed by atoms with van der Waals surface area (Å²) in [5.41, 5.74) is 2.63. The van der Waals surface area contributed by atoms with E-state index < -0.39 is 0 Å². The van der Waals surface area contributed by atoms with Gasteiger partial charge < -0.3 is 9.26 Å². The highest BCUT2D eigenvalue weighted by atomic mass is 35.5. The van der Waals surface area contributed by atoms with Crippen LogP contribution in [0.5, 0.6) is 5.75 Å². The van der Waals surface area contributed by atoms with E-state index >= 15 is 0 Å². The molecule has 0 saturated heterocycles. The third-order valence-electron chi connectivity index (χ3n) is 3.84. The summed E-state index contributed by atoms with van der Waals surface area (Å²) in [6.45, 7) is 1.26. The lowest BCUT2D eigenvalue weighted by Gasteiger charge is -2.16. The van der Waals surface area contributed by atoms with E-state index in [0.717, 1.165) is 28.3 Å². The van der Waals surface area contributed by atoms with E-state index in [1.54, 1.807) is 13.2 Å². The van der Waals surface area contributed by atoms with Gasteiger partial charge in [-0.1, -0.05) is 52.6 Å². The van der Waals surface area contributed by atoms with Crippen LogP contribution < -0.4 is 4.74 Å². The lowest BCUT2D eigenvalue weighted by Crippen LogP contribution is -2.17. The lowest BCUT2D eigenvalue weighted by molar-refractivity contribution is 0.267. The molecule has 0 saturated carbocycles. The summed E-state index contributed by atoms with van der Waals surface area (Å²) in [6, 6.07) is 15.3. The lowest BCUT2D eigenvalue weighted by atomic mass is 10.1. The Hall–Kier alpha value is -2.01. The molecule has 1 aromatic heterocycles. The van der Waals surface area contributed by atoms with Crippen molar-refractivity contribution in [2.45, 2.75) is 13.1 Å². The Labute approximate surface area is 156 Å². The number of hydrogen-bond acceptors (Lipinski definition) is 4. The van der Waals surface area contributed by atoms with Crippen LogP contribution in [-0.4, -0.2) is 24.2 Å². The molecule has 0 spiro atoms. The molecule has 0 N–H and O–H groups in total. The minimum atomic E-state index is 0.561. The van der Waals surface area contributed by atoms with Gasteiger partial charge in [0, 0.05) is 18.2 Å². The Morgan fingerprint density at radius 1 is 1.08 bits per heavy atom. The second kappa shape index (κ2) is 7.91. The summed E-state index contributed by atoms with van der Waals surface area (Å²) < 4.78 is 10.8. The van der Waals surface area contributed by atoms with Gasteiger partial charge in [0.15, 0.2) is 5.76 Å². The Balaban J connectivity index is 1.72. The number of ether oxygens (including phenoxy) is 1. The highest BCUT2D eigenvalue weighted by Crippen LogP contribution is 2.30. The second-order valence-electron chi connectivity index (χ2n) is 5.76. The number of nitrogens with zero attached hydrogens (tertiary/aromatic N) is 2. The average Bonchev–Trinajstić information content (AvgIpc) is 3.07. The van der Waals surface area contributed by atoms with Gasteiger partial charge in [-0.25, -0.2) is 0 Å². The summed E-state index contributed by atoms with van der Waals surface area (Å²) >= 11 is 12.3. The van der Waals surface area contributed by atoms with Gasteiger partial charge in [0.05, 0.1) is 23.7 Å². The fourth-order valence-corrected chi connectivity index (χ4v) is 3.03. The largest absolute Gasteiger partial charge is 0.496 e. The predicted molar refractivity (Wildman–Crippen MR) is 100 cm³/mol. The number of benzene rings is 2. The van der Waals surface area contributed by atoms with Crippen molar-refractivity contribution in [2.24, 2.45) is 0 Å². The zero-order valence-electron chi connectivity index (χ0n) is 14.0. The monoisotopic (exact) mass is 376 g/mol. The Morgan fingerprint density at radius 3 is 2.68 bits per heavy atom. The van der Waals surface area contributed by atoms with Crippen LogP contribution in [0.25, 0.3) is 11.3 Å². The Kier molecular flexibility index (Phi) is 5.63. The van der Waals surface area contributed by atoms with Gasteiger partial charge in [0.2, 0.25) is 0 Å². The molecule has 2 aromatic carbocycles. The number of halogens is 2. The van der Waals surface area contributed by atoms with Crippen LogP contribution in [0, 0.1) is 0 Å². The first kappa shape index (κ1) is 17.8. The zero-order chi connectivity index (χ0) is 17.8. The van der Waals surface area contributed by atoms with E-state index in [9.17, 15) is 0 Å². The van der Waals surface area contributed by atoms with Gasteiger partial charge in [0.25, 0.3) is 0 Å². The van der Waals surface area contributed by atoms with Crippen molar-refractivity contribution in [3.05, 3.63) is 69.9 Å². The van der Waals surface area contributed by atoms with Gasteiger partial charge in [-0.05, 0) is 30.8 Å². The topological polar surface area (TPSA) is 38.5 Å². The Bertz CT molecular complexity index is 864. The molecule has 3 rings (SSSR count). The molecule has 0 atom stereocenters. The molecule has 0 bridgehead atoms. The van der Waals surface area contributed by atoms with Gasteiger partial charge in [-0.2, -0.15) is 0 Å². The van der Waals surface area contributed by atoms with Gasteiger partial charge >= 0.3 is 0 Å². The van der Waals surface area contributed by atoms with Crippen molar-refractivity contribution in [3.8, 4) is 17.0 Å². The summed E-state index contributed by atoms with van der Waals surface area (Å²) in [6.07, 6.45) is 0. The normalized spacial score (nSPS) is 11.1. The number of rotatable bonds is 6. The number of aromatic nitrogens is 1. The van der Waals surface area contributed by atoms with Gasteiger partial charge in [0.1, 0.15) is 11.4 Å². The molecule has 0 aliphatic heterocycles. The third-order valence-corrected chi connectivity index (χ3v) is 4.70. The third kappa shape index (κ3) is 4.15. The molecule has 130 valence electrons. The molecule has 1 heterocycles. The molecule has 6 heteroatoms. The van der Waals surface area contributed by atoms with E-state index in [1.807, 2.05) is 49.5 Å². The molecule has 0 aliphatic carbocycles. The maximum absolute atomic E-state index is 6.25. The molecule has 4 nitrogen and oxygen atoms in total. The van der Waals surface area contributed by atoms with Gasteiger partial charge in [-0.15, -0.1) is 0 Å². The van der Waals surface area contributed by atoms with E-state index in [2.05, 4.69) is 10.1 Å². The van der Waals surface area contributed by atoms with Crippen molar-refractivity contribution < 1.29 is 9.26 Å². The number of methoxy groups -OCH3 is 1. The molecule has 3 aromatic rings. The fourth-order valence-electron chi connectivity index (χ4n) is 2.65. The van der Waals surface area contributed by atoms with Crippen LogP contribution in [0.3, 0.4) is 0 Å². The quantitative estimate of drug-likeness (QED) is 0.585. The summed E-state index contributed by atoms with van der Waals surface area (Å²) in [5.74, 6) is 1.53. The minimum absolute atomic E-state index is 0.561. The highest BCUT2D eigenvalue weighted by molar-refractivity contribution is 6.42. The molecule has 0 aliphatic rings. The van der Waals surface area contributed by atoms with Crippen LogP contribution in [0.4, 0.5) is 0 Å². The minimum Gasteiger partial charge on any atom is -0.496 e. The van der Waals surface area contributed by atoms with Crippen LogP contribution in [0.2, 0.25) is 10.0 Å². The smallest absolute Gasteiger partial charge is 0.151 e. The van der Waals surface area contributed by atoms with Crippen molar-refractivity contribution in [2.75, 3.05) is 14.2 Å². The van der Waals surface area contributed by atoms with Crippen molar-refractivity contribution in [3.63, 3.8) is 0 Å². The van der Waals surface area contributed by atoms with E-state index in [0.29, 0.717) is 23.1 Å². The maximum atomic E-state index is 6.25. The van der Waals surface area contributed by atoms with Crippen molar-refractivity contribution in [1.29, 1.82) is 0 Å². The second-order valence-corrected chi connectivity index (χ2v) is 6.55. The predicted octanol–water partition coefficient (Wildman–Crippen LogP) is 5.29. The van der Waals surface area contributed by atoms with Crippen molar-refractivity contribution in [1.82, 2.24) is 10.1 Å². The first-order valence-corrected chi connectivity index (χ1v) is 8.54. The SMILES string of the molecule is COc1ccccc1-c1cc(CN(C)Cc2cccc(Cl)c2Cl)on1. The average molecular weight is 377 g/mol. The number of hydrogen-bond donors (Lipinski definition) is 0. The van der Waals surface area contributed by atoms with Crippen LogP contribution >= 0.6 is 23.2 Å². The first-order valence-electron chi connectivity index (χ1n) is 7.79. The van der Waals surface area contributed by atoms with Crippen LogP contribution in [-0.2, 0) is 13.1 Å². The molecule has 0 amide bonds. The first-order chi connectivity index (χ1) is 12.1. The maximum Gasteiger partial charge on any atom is 0.151 e. The van der Waals surface area contributed by atoms with Crippen molar-refractivity contribution >= 4 is 23.2 Å². The fraction of sp³-hybridized carbons (Fsp3) is 0.211. The molecular weight excluding hydrogens is 359 g/mol. The summed E-state index contributed by atoms with van der Waals surface area (Å²) in [4.78, 5) is 2.09. The summed E-state index contributed by atoms with van der Waals surface area (Å²) in [5, 5.41) is 5.31. The molecule has 0 unspecified atom stereocenters. The highest BCUT2D eigenvalue weighted by Gasteiger charge is 2.13. The van der Waals surface area contributed by atoms with Crippen LogP contribution in [0.1, 0.15) is 11.3 Å². The molecule has 25 heavy (non-hydrogen) atoms. The summed E-state index contributed by atoms with van der Waals surface area (Å²) in [7, 11) is 3.63.